The third-order valence-electron chi connectivity index (χ3n) is 3.20. The molecule has 0 bridgehead atoms. The van der Waals surface area contributed by atoms with Crippen LogP contribution in [-0.4, -0.2) is 22.2 Å². The van der Waals surface area contributed by atoms with Crippen molar-refractivity contribution >= 4 is 21.8 Å². The Morgan fingerprint density at radius 2 is 2.41 bits per heavy atom. The maximum atomic E-state index is 11.5. The molecular formula is C12H18BrN3O. The average Bonchev–Trinajstić information content (AvgIpc) is 2.92. The van der Waals surface area contributed by atoms with Gasteiger partial charge >= 0.3 is 0 Å². The molecule has 1 amide bonds. The van der Waals surface area contributed by atoms with E-state index in [2.05, 4.69) is 33.3 Å². The zero-order valence-electron chi connectivity index (χ0n) is 10.2. The molecule has 1 aliphatic carbocycles. The molecule has 2 rings (SSSR count). The predicted octanol–water partition coefficient (Wildman–Crippen LogP) is 2.12. The van der Waals surface area contributed by atoms with Crippen LogP contribution in [0.2, 0.25) is 0 Å². The molecule has 0 saturated heterocycles. The number of carbonyl (C=O) groups is 1. The van der Waals surface area contributed by atoms with E-state index >= 15 is 0 Å². The highest BCUT2D eigenvalue weighted by molar-refractivity contribution is 9.10. The summed E-state index contributed by atoms with van der Waals surface area (Å²) >= 11 is 3.43. The number of hydrogen-bond donors (Lipinski definition) is 1. The van der Waals surface area contributed by atoms with Gasteiger partial charge in [-0.15, -0.1) is 0 Å². The van der Waals surface area contributed by atoms with Crippen LogP contribution < -0.4 is 5.32 Å². The molecule has 4 nitrogen and oxygen atoms in total. The van der Waals surface area contributed by atoms with Crippen molar-refractivity contribution in [2.24, 2.45) is 11.8 Å². The van der Waals surface area contributed by atoms with E-state index in [1.54, 1.807) is 0 Å². The van der Waals surface area contributed by atoms with E-state index in [9.17, 15) is 4.79 Å². The van der Waals surface area contributed by atoms with E-state index in [1.165, 1.54) is 0 Å². The molecule has 1 aliphatic rings. The number of halogens is 1. The van der Waals surface area contributed by atoms with Crippen molar-refractivity contribution in [3.63, 3.8) is 0 Å². The molecule has 94 valence electrons. The van der Waals surface area contributed by atoms with Gasteiger partial charge in [0.05, 0.1) is 10.2 Å². The number of carbonyl (C=O) groups excluding carboxylic acids is 1. The van der Waals surface area contributed by atoms with Crippen LogP contribution in [0.5, 0.6) is 0 Å². The summed E-state index contributed by atoms with van der Waals surface area (Å²) in [5.41, 5.74) is 1.00. The fraction of sp³-hybridized carbons (Fsp3) is 0.667. The van der Waals surface area contributed by atoms with Crippen molar-refractivity contribution in [1.82, 2.24) is 15.1 Å². The van der Waals surface area contributed by atoms with E-state index in [-0.39, 0.29) is 11.8 Å². The SMILES string of the molecule is Cc1nn(CCCNC(=O)[C@H]2C[C@@H]2C)cc1Br. The molecular weight excluding hydrogens is 282 g/mol. The standard InChI is InChI=1S/C12H18BrN3O/c1-8-6-10(8)12(17)14-4-3-5-16-7-11(13)9(2)15-16/h7-8,10H,3-6H2,1-2H3,(H,14,17)/t8-,10-/m0/s1. The summed E-state index contributed by atoms with van der Waals surface area (Å²) in [7, 11) is 0. The third kappa shape index (κ3) is 3.31. The number of nitrogens with zero attached hydrogens (tertiary/aromatic N) is 2. The second-order valence-corrected chi connectivity index (χ2v) is 5.64. The lowest BCUT2D eigenvalue weighted by Gasteiger charge is -2.04. The maximum absolute atomic E-state index is 11.5. The molecule has 5 heteroatoms. The van der Waals surface area contributed by atoms with Gasteiger partial charge in [0.2, 0.25) is 5.91 Å². The number of aryl methyl sites for hydroxylation is 2. The van der Waals surface area contributed by atoms with Gasteiger partial charge in [0, 0.05) is 25.2 Å². The summed E-state index contributed by atoms with van der Waals surface area (Å²) < 4.78 is 2.94. The third-order valence-corrected chi connectivity index (χ3v) is 3.97. The Bertz CT molecular complexity index is 396. The minimum absolute atomic E-state index is 0.218. The summed E-state index contributed by atoms with van der Waals surface area (Å²) in [6.45, 7) is 5.66. The number of amides is 1. The number of nitrogens with one attached hydrogen (secondary N) is 1. The van der Waals surface area contributed by atoms with Crippen molar-refractivity contribution < 1.29 is 4.79 Å². The fourth-order valence-electron chi connectivity index (χ4n) is 1.88. The highest BCUT2D eigenvalue weighted by Crippen LogP contribution is 2.37. The molecule has 1 fully saturated rings. The normalized spacial score (nSPS) is 22.5. The van der Waals surface area contributed by atoms with E-state index in [0.29, 0.717) is 5.92 Å². The van der Waals surface area contributed by atoms with Crippen LogP contribution in [0.1, 0.15) is 25.5 Å². The molecule has 0 spiro atoms. The molecule has 0 unspecified atom stereocenters. The van der Waals surface area contributed by atoms with Crippen LogP contribution in [-0.2, 0) is 11.3 Å². The molecule has 0 aliphatic heterocycles. The molecule has 1 aromatic rings. The van der Waals surface area contributed by atoms with Gasteiger partial charge in [-0.05, 0) is 41.6 Å². The first-order valence-corrected chi connectivity index (χ1v) is 6.84. The molecule has 1 N–H and O–H groups in total. The van der Waals surface area contributed by atoms with E-state index in [0.717, 1.165) is 36.1 Å². The summed E-state index contributed by atoms with van der Waals surface area (Å²) in [5.74, 6) is 1.08. The van der Waals surface area contributed by atoms with Crippen LogP contribution in [0.25, 0.3) is 0 Å². The largest absolute Gasteiger partial charge is 0.356 e. The van der Waals surface area contributed by atoms with Gasteiger partial charge in [0.1, 0.15) is 0 Å². The zero-order valence-corrected chi connectivity index (χ0v) is 11.8. The van der Waals surface area contributed by atoms with Crippen molar-refractivity contribution in [3.05, 3.63) is 16.4 Å². The highest BCUT2D eigenvalue weighted by Gasteiger charge is 2.38. The molecule has 0 aromatic carbocycles. The van der Waals surface area contributed by atoms with Crippen LogP contribution in [0, 0.1) is 18.8 Å². The van der Waals surface area contributed by atoms with Crippen molar-refractivity contribution in [2.75, 3.05) is 6.54 Å². The number of rotatable bonds is 5. The molecule has 0 radical (unpaired) electrons. The van der Waals surface area contributed by atoms with Crippen molar-refractivity contribution in [2.45, 2.75) is 33.2 Å². The van der Waals surface area contributed by atoms with Crippen molar-refractivity contribution in [3.8, 4) is 0 Å². The Kier molecular flexibility index (Phi) is 3.86. The molecule has 1 heterocycles. The van der Waals surface area contributed by atoms with Crippen LogP contribution in [0.15, 0.2) is 10.7 Å². The van der Waals surface area contributed by atoms with E-state index in [4.69, 9.17) is 0 Å². The smallest absolute Gasteiger partial charge is 0.223 e. The van der Waals surface area contributed by atoms with Crippen LogP contribution in [0.4, 0.5) is 0 Å². The van der Waals surface area contributed by atoms with Gasteiger partial charge in [0.25, 0.3) is 0 Å². The second kappa shape index (κ2) is 5.21. The van der Waals surface area contributed by atoms with E-state index in [1.807, 2.05) is 17.8 Å². The topological polar surface area (TPSA) is 46.9 Å². The predicted molar refractivity (Wildman–Crippen MR) is 69.6 cm³/mol. The molecule has 1 aromatic heterocycles. The molecule has 2 atom stereocenters. The first kappa shape index (κ1) is 12.6. The molecule has 17 heavy (non-hydrogen) atoms. The first-order valence-electron chi connectivity index (χ1n) is 6.05. The lowest BCUT2D eigenvalue weighted by atomic mass is 10.3. The summed E-state index contributed by atoms with van der Waals surface area (Å²) in [4.78, 5) is 11.5. The summed E-state index contributed by atoms with van der Waals surface area (Å²) in [6, 6.07) is 0. The number of hydrogen-bond acceptors (Lipinski definition) is 2. The number of aromatic nitrogens is 2. The van der Waals surface area contributed by atoms with Gasteiger partial charge in [-0.3, -0.25) is 9.48 Å². The Morgan fingerprint density at radius 3 is 2.94 bits per heavy atom. The summed E-state index contributed by atoms with van der Waals surface area (Å²) in [6.07, 6.45) is 3.94. The van der Waals surface area contributed by atoms with Crippen LogP contribution in [0.3, 0.4) is 0 Å². The highest BCUT2D eigenvalue weighted by atomic mass is 79.9. The lowest BCUT2D eigenvalue weighted by Crippen LogP contribution is -2.27. The fourth-order valence-corrected chi connectivity index (χ4v) is 2.19. The Labute approximate surface area is 110 Å². The van der Waals surface area contributed by atoms with Crippen molar-refractivity contribution in [1.29, 1.82) is 0 Å². The van der Waals surface area contributed by atoms with Gasteiger partial charge in [0.15, 0.2) is 0 Å². The van der Waals surface area contributed by atoms with Gasteiger partial charge in [-0.25, -0.2) is 0 Å². The first-order chi connectivity index (χ1) is 8.08. The Hall–Kier alpha value is -0.840. The Morgan fingerprint density at radius 1 is 1.71 bits per heavy atom. The van der Waals surface area contributed by atoms with Gasteiger partial charge in [-0.1, -0.05) is 6.92 Å². The Balaban J connectivity index is 1.64. The average molecular weight is 300 g/mol. The quantitative estimate of drug-likeness (QED) is 0.847. The zero-order chi connectivity index (χ0) is 12.4. The maximum Gasteiger partial charge on any atom is 0.223 e. The van der Waals surface area contributed by atoms with E-state index < -0.39 is 0 Å². The molecule has 1 saturated carbocycles. The van der Waals surface area contributed by atoms with Gasteiger partial charge < -0.3 is 5.32 Å². The van der Waals surface area contributed by atoms with Gasteiger partial charge in [-0.2, -0.15) is 5.10 Å². The lowest BCUT2D eigenvalue weighted by molar-refractivity contribution is -0.122. The van der Waals surface area contributed by atoms with Crippen LogP contribution >= 0.6 is 15.9 Å². The second-order valence-electron chi connectivity index (χ2n) is 4.79. The summed E-state index contributed by atoms with van der Waals surface area (Å²) in [5, 5.41) is 7.32. The minimum atomic E-state index is 0.218. The monoisotopic (exact) mass is 299 g/mol. The minimum Gasteiger partial charge on any atom is -0.356 e.